The Balaban J connectivity index is 1.62. The van der Waals surface area contributed by atoms with Gasteiger partial charge in [0.2, 0.25) is 10.0 Å². The van der Waals surface area contributed by atoms with Crippen LogP contribution in [0.3, 0.4) is 0 Å². The van der Waals surface area contributed by atoms with Crippen LogP contribution in [-0.2, 0) is 10.0 Å². The van der Waals surface area contributed by atoms with E-state index < -0.39 is 16.1 Å². The summed E-state index contributed by atoms with van der Waals surface area (Å²) in [5.74, 6) is 0. The van der Waals surface area contributed by atoms with Crippen molar-refractivity contribution in [2.24, 2.45) is 5.14 Å². The number of aromatic nitrogens is 2. The molecule has 0 aliphatic heterocycles. The molecule has 3 aromatic rings. The van der Waals surface area contributed by atoms with Crippen LogP contribution in [0, 0.1) is 6.92 Å². The summed E-state index contributed by atoms with van der Waals surface area (Å²) in [6.45, 7) is 1.87. The van der Waals surface area contributed by atoms with Crippen LogP contribution in [0.15, 0.2) is 53.7 Å². The maximum atomic E-state index is 12.2. The van der Waals surface area contributed by atoms with Crippen LogP contribution in [-0.4, -0.2) is 29.2 Å². The molecule has 0 saturated heterocycles. The average molecular weight is 404 g/mol. The van der Waals surface area contributed by atoms with Crippen LogP contribution < -0.4 is 21.1 Å². The Bertz CT molecular complexity index is 1120. The molecular weight excluding hydrogens is 388 g/mol. The minimum atomic E-state index is -3.76. The standard InChI is InChI=1S/C16H16N6O3S2/c1-10-13(9-22-14(10)3-2-8-18-22)20-15(23)21-16(26)19-11-4-6-12(7-5-11)27(17,24)25/h2-9H,1H3,(H2,17,24,25)(H3,19,20,21,23,26). The van der Waals surface area contributed by atoms with Crippen molar-refractivity contribution in [3.8, 4) is 0 Å². The van der Waals surface area contributed by atoms with Gasteiger partial charge in [-0.1, -0.05) is 0 Å². The monoisotopic (exact) mass is 404 g/mol. The first kappa shape index (κ1) is 18.8. The van der Waals surface area contributed by atoms with Gasteiger partial charge in [-0.15, -0.1) is 0 Å². The number of amides is 2. The number of hydrogen-bond acceptors (Lipinski definition) is 5. The normalized spacial score (nSPS) is 11.2. The predicted molar refractivity (Wildman–Crippen MR) is 106 cm³/mol. The zero-order valence-electron chi connectivity index (χ0n) is 14.1. The maximum absolute atomic E-state index is 12.2. The van der Waals surface area contributed by atoms with E-state index in [9.17, 15) is 13.2 Å². The molecule has 0 fully saturated rings. The molecule has 0 spiro atoms. The number of nitrogens with zero attached hydrogens (tertiary/aromatic N) is 2. The quantitative estimate of drug-likeness (QED) is 0.493. The van der Waals surface area contributed by atoms with Gasteiger partial charge in [0.25, 0.3) is 0 Å². The Labute approximate surface area is 160 Å². The number of primary sulfonamides is 1. The lowest BCUT2D eigenvalue weighted by atomic mass is 10.2. The number of benzene rings is 1. The number of rotatable bonds is 3. The van der Waals surface area contributed by atoms with Crippen molar-refractivity contribution < 1.29 is 13.2 Å². The van der Waals surface area contributed by atoms with Gasteiger partial charge in [-0.3, -0.25) is 5.32 Å². The number of carbonyl (C=O) groups excluding carboxylic acids is 1. The van der Waals surface area contributed by atoms with Gasteiger partial charge in [0.1, 0.15) is 0 Å². The van der Waals surface area contributed by atoms with E-state index in [4.69, 9.17) is 17.4 Å². The van der Waals surface area contributed by atoms with Gasteiger partial charge >= 0.3 is 6.03 Å². The molecule has 5 N–H and O–H groups in total. The second kappa shape index (κ2) is 7.31. The van der Waals surface area contributed by atoms with E-state index in [2.05, 4.69) is 21.0 Å². The highest BCUT2D eigenvalue weighted by Crippen LogP contribution is 2.21. The van der Waals surface area contributed by atoms with E-state index >= 15 is 0 Å². The number of anilines is 2. The third kappa shape index (κ3) is 4.39. The van der Waals surface area contributed by atoms with Crippen molar-refractivity contribution >= 4 is 50.3 Å². The summed E-state index contributed by atoms with van der Waals surface area (Å²) in [7, 11) is -3.76. The molecule has 0 atom stereocenters. The minimum Gasteiger partial charge on any atom is -0.332 e. The predicted octanol–water partition coefficient (Wildman–Crippen LogP) is 1.81. The Hall–Kier alpha value is -3.02. The van der Waals surface area contributed by atoms with E-state index in [0.29, 0.717) is 11.4 Å². The van der Waals surface area contributed by atoms with Gasteiger partial charge in [-0.05, 0) is 61.1 Å². The Morgan fingerprint density at radius 2 is 1.89 bits per heavy atom. The first-order valence-corrected chi connectivity index (χ1v) is 9.64. The highest BCUT2D eigenvalue weighted by molar-refractivity contribution is 7.89. The second-order valence-corrected chi connectivity index (χ2v) is 7.59. The largest absolute Gasteiger partial charge is 0.332 e. The van der Waals surface area contributed by atoms with Crippen LogP contribution in [0.5, 0.6) is 0 Å². The number of thiocarbonyl (C=S) groups is 1. The van der Waals surface area contributed by atoms with E-state index in [0.717, 1.165) is 11.1 Å². The fourth-order valence-electron chi connectivity index (χ4n) is 2.41. The summed E-state index contributed by atoms with van der Waals surface area (Å²) in [5.41, 5.74) is 2.85. The SMILES string of the molecule is Cc1c(NC(=O)NC(=S)Nc2ccc(S(N)(=O)=O)cc2)cn2ncccc12. The zero-order chi connectivity index (χ0) is 19.6. The van der Waals surface area contributed by atoms with Gasteiger partial charge in [-0.25, -0.2) is 22.9 Å². The lowest BCUT2D eigenvalue weighted by Gasteiger charge is -2.10. The summed E-state index contributed by atoms with van der Waals surface area (Å²) in [5, 5.41) is 17.2. The third-order valence-corrected chi connectivity index (χ3v) is 4.87. The van der Waals surface area contributed by atoms with Crippen molar-refractivity contribution in [2.45, 2.75) is 11.8 Å². The fraction of sp³-hybridized carbons (Fsp3) is 0.0625. The van der Waals surface area contributed by atoms with Crippen LogP contribution in [0.2, 0.25) is 0 Å². The highest BCUT2D eigenvalue weighted by Gasteiger charge is 2.12. The number of fused-ring (bicyclic) bond motifs is 1. The topological polar surface area (TPSA) is 131 Å². The summed E-state index contributed by atoms with van der Waals surface area (Å²) >= 11 is 5.09. The number of urea groups is 1. The molecule has 0 radical (unpaired) electrons. The molecule has 3 rings (SSSR count). The average Bonchev–Trinajstić information content (AvgIpc) is 2.90. The number of sulfonamides is 1. The number of nitrogens with one attached hydrogen (secondary N) is 3. The molecule has 9 nitrogen and oxygen atoms in total. The molecule has 11 heteroatoms. The molecule has 2 aromatic heterocycles. The molecule has 2 amide bonds. The van der Waals surface area contributed by atoms with Crippen molar-refractivity contribution in [1.82, 2.24) is 14.9 Å². The third-order valence-electron chi connectivity index (χ3n) is 3.73. The Morgan fingerprint density at radius 1 is 1.19 bits per heavy atom. The van der Waals surface area contributed by atoms with Crippen LogP contribution in [0.25, 0.3) is 5.52 Å². The molecule has 0 aliphatic carbocycles. The molecule has 0 bridgehead atoms. The molecule has 0 unspecified atom stereocenters. The van der Waals surface area contributed by atoms with E-state index in [1.54, 1.807) is 16.9 Å². The van der Waals surface area contributed by atoms with Crippen LogP contribution in [0.1, 0.15) is 5.56 Å². The lowest BCUT2D eigenvalue weighted by Crippen LogP contribution is -2.37. The molecule has 0 aliphatic rings. The Kier molecular flexibility index (Phi) is 5.08. The molecule has 140 valence electrons. The van der Waals surface area contributed by atoms with Crippen LogP contribution >= 0.6 is 12.2 Å². The van der Waals surface area contributed by atoms with E-state index in [1.165, 1.54) is 24.3 Å². The minimum absolute atomic E-state index is 0.0190. The van der Waals surface area contributed by atoms with Crippen molar-refractivity contribution in [1.29, 1.82) is 0 Å². The first-order valence-electron chi connectivity index (χ1n) is 7.69. The zero-order valence-corrected chi connectivity index (χ0v) is 15.8. The summed E-state index contributed by atoms with van der Waals surface area (Å²) in [6, 6.07) is 8.83. The summed E-state index contributed by atoms with van der Waals surface area (Å²) < 4.78 is 24.1. The smallest absolute Gasteiger partial charge is 0.325 e. The summed E-state index contributed by atoms with van der Waals surface area (Å²) in [4.78, 5) is 12.1. The number of carbonyl (C=O) groups is 1. The van der Waals surface area contributed by atoms with Gasteiger partial charge in [0, 0.05) is 11.9 Å². The van der Waals surface area contributed by atoms with Gasteiger partial charge in [0.05, 0.1) is 22.3 Å². The maximum Gasteiger partial charge on any atom is 0.325 e. The number of aryl methyl sites for hydroxylation is 1. The molecule has 2 heterocycles. The highest BCUT2D eigenvalue weighted by atomic mass is 32.2. The molecular formula is C16H16N6O3S2. The molecule has 1 aromatic carbocycles. The molecule has 0 saturated carbocycles. The first-order chi connectivity index (χ1) is 12.7. The Morgan fingerprint density at radius 3 is 2.52 bits per heavy atom. The van der Waals surface area contributed by atoms with Gasteiger partial charge in [-0.2, -0.15) is 5.10 Å². The van der Waals surface area contributed by atoms with Gasteiger partial charge in [0.15, 0.2) is 5.11 Å². The van der Waals surface area contributed by atoms with Crippen molar-refractivity contribution in [3.05, 3.63) is 54.4 Å². The van der Waals surface area contributed by atoms with Crippen molar-refractivity contribution in [2.75, 3.05) is 10.6 Å². The second-order valence-electron chi connectivity index (χ2n) is 5.62. The van der Waals surface area contributed by atoms with Crippen molar-refractivity contribution in [3.63, 3.8) is 0 Å². The lowest BCUT2D eigenvalue weighted by molar-refractivity contribution is 0.256. The fourth-order valence-corrected chi connectivity index (χ4v) is 3.14. The number of nitrogens with two attached hydrogens (primary N) is 1. The summed E-state index contributed by atoms with van der Waals surface area (Å²) in [6.07, 6.45) is 3.35. The van der Waals surface area contributed by atoms with E-state index in [-0.39, 0.29) is 10.0 Å². The molecule has 27 heavy (non-hydrogen) atoms. The van der Waals surface area contributed by atoms with E-state index in [1.807, 2.05) is 19.1 Å². The van der Waals surface area contributed by atoms with Crippen LogP contribution in [0.4, 0.5) is 16.2 Å². The number of hydrogen-bond donors (Lipinski definition) is 4. The van der Waals surface area contributed by atoms with Gasteiger partial charge < -0.3 is 10.6 Å².